The van der Waals surface area contributed by atoms with Crippen LogP contribution in [0.4, 0.5) is 0 Å². The van der Waals surface area contributed by atoms with Crippen molar-refractivity contribution in [1.29, 1.82) is 0 Å². The zero-order chi connectivity index (χ0) is 12.3. The van der Waals surface area contributed by atoms with Crippen LogP contribution in [0, 0.1) is 19.9 Å². The van der Waals surface area contributed by atoms with Gasteiger partial charge in [0.05, 0.1) is 0 Å². The quantitative estimate of drug-likeness (QED) is 0.518. The monoisotopic (exact) mass is 388 g/mol. The summed E-state index contributed by atoms with van der Waals surface area (Å²) < 4.78 is 0. The Labute approximate surface area is 155 Å². The van der Waals surface area contributed by atoms with E-state index in [4.69, 9.17) is 0 Å². The van der Waals surface area contributed by atoms with E-state index in [1.807, 2.05) is 0 Å². The Morgan fingerprint density at radius 2 is 1.75 bits per heavy atom. The van der Waals surface area contributed by atoms with E-state index in [2.05, 4.69) is 45.1 Å². The molecule has 0 aromatic heterocycles. The summed E-state index contributed by atoms with van der Waals surface area (Å²) in [5.41, 5.74) is 7.65. The average molecular weight is 391 g/mol. The molecule has 0 bridgehead atoms. The molecule has 3 rings (SSSR count). The van der Waals surface area contributed by atoms with Crippen LogP contribution in [0.1, 0.15) is 48.4 Å². The number of aryl methyl sites for hydroxylation is 2. The molecule has 0 spiro atoms. The van der Waals surface area contributed by atoms with Crippen molar-refractivity contribution in [1.82, 2.24) is 0 Å². The number of hydrogen-bond donors (Lipinski definition) is 0. The van der Waals surface area contributed by atoms with Crippen molar-refractivity contribution in [2.45, 2.75) is 52.9 Å². The third kappa shape index (κ3) is 5.96. The van der Waals surface area contributed by atoms with E-state index in [1.54, 1.807) is 11.1 Å². The fourth-order valence-corrected chi connectivity index (χ4v) is 2.79. The molecular weight excluding hydrogens is 366 g/mol. The molecule has 1 aromatic carbocycles. The van der Waals surface area contributed by atoms with Gasteiger partial charge in [-0.1, -0.05) is 46.5 Å². The summed E-state index contributed by atoms with van der Waals surface area (Å²) in [6.45, 7) is 6.55. The fourth-order valence-electron chi connectivity index (χ4n) is 2.79. The van der Waals surface area contributed by atoms with Gasteiger partial charge in [0.15, 0.2) is 0 Å². The van der Waals surface area contributed by atoms with Crippen LogP contribution < -0.4 is 0 Å². The molecule has 0 heterocycles. The van der Waals surface area contributed by atoms with Gasteiger partial charge in [-0.05, 0) is 0 Å². The zero-order valence-corrected chi connectivity index (χ0v) is 16.7. The maximum absolute atomic E-state index is 3.12. The van der Waals surface area contributed by atoms with E-state index < -0.39 is 0 Å². The molecule has 0 saturated heterocycles. The van der Waals surface area contributed by atoms with Crippen molar-refractivity contribution >= 4 is 24.8 Å². The number of rotatable bonds is 0. The maximum atomic E-state index is 3.12. The van der Waals surface area contributed by atoms with Crippen molar-refractivity contribution in [2.75, 3.05) is 0 Å². The van der Waals surface area contributed by atoms with Gasteiger partial charge < -0.3 is 0 Å². The molecule has 0 unspecified atom stereocenters. The summed E-state index contributed by atoms with van der Waals surface area (Å²) in [6, 6.07) is 2.34. The van der Waals surface area contributed by atoms with Crippen molar-refractivity contribution in [2.24, 2.45) is 0 Å². The predicted octanol–water partition coefficient (Wildman–Crippen LogP) is 5.44. The van der Waals surface area contributed by atoms with Crippen LogP contribution in [0.25, 0.3) is 0 Å². The minimum Gasteiger partial charge on any atom is -0.270 e. The second-order valence-corrected chi connectivity index (χ2v) is 5.14. The molecule has 0 nitrogen and oxygen atoms in total. The first kappa shape index (κ1) is 22.6. The van der Waals surface area contributed by atoms with Gasteiger partial charge in [0, 0.05) is 0 Å². The Morgan fingerprint density at radius 1 is 1.10 bits per heavy atom. The second-order valence-electron chi connectivity index (χ2n) is 5.14. The van der Waals surface area contributed by atoms with E-state index in [-0.39, 0.29) is 51.0 Å². The van der Waals surface area contributed by atoms with Crippen LogP contribution in [0.2, 0.25) is 0 Å². The van der Waals surface area contributed by atoms with Crippen LogP contribution in [-0.2, 0) is 39.0 Å². The maximum Gasteiger partial charge on any atom is 2.00 e. The molecule has 20 heavy (non-hydrogen) atoms. The van der Waals surface area contributed by atoms with Crippen LogP contribution >= 0.6 is 24.8 Å². The Balaban J connectivity index is 0. The summed E-state index contributed by atoms with van der Waals surface area (Å²) >= 11 is 0. The molecule has 0 radical (unpaired) electrons. The SMILES string of the molecule is CC1=[C-]CC=C1.Cc1c[c-](C)c2c1CCCC2.Cl.Cl.[Zr+2]. The minimum absolute atomic E-state index is 0. The summed E-state index contributed by atoms with van der Waals surface area (Å²) in [5, 5.41) is 0. The van der Waals surface area contributed by atoms with Crippen molar-refractivity contribution in [3.63, 3.8) is 0 Å². The van der Waals surface area contributed by atoms with Gasteiger partial charge in [0.1, 0.15) is 0 Å². The molecule has 0 N–H and O–H groups in total. The third-order valence-electron chi connectivity index (χ3n) is 3.72. The molecule has 0 aliphatic heterocycles. The van der Waals surface area contributed by atoms with Crippen molar-refractivity contribution in [3.8, 4) is 0 Å². The Hall–Kier alpha value is 0.293. The Kier molecular flexibility index (Phi) is 12.3. The number of fused-ring (bicyclic) bond motifs is 1. The summed E-state index contributed by atoms with van der Waals surface area (Å²) in [7, 11) is 0. The normalized spacial score (nSPS) is 14.7. The molecule has 1 aromatic rings. The molecule has 0 amide bonds. The summed E-state index contributed by atoms with van der Waals surface area (Å²) in [4.78, 5) is 0. The van der Waals surface area contributed by atoms with Crippen LogP contribution in [-0.4, -0.2) is 0 Å². The molecule has 3 heteroatoms. The third-order valence-corrected chi connectivity index (χ3v) is 3.72. The van der Waals surface area contributed by atoms with Crippen LogP contribution in [0.5, 0.6) is 0 Å². The second kappa shape index (κ2) is 10.9. The van der Waals surface area contributed by atoms with Crippen molar-refractivity contribution < 1.29 is 26.2 Å². The van der Waals surface area contributed by atoms with Crippen LogP contribution in [0.15, 0.2) is 23.8 Å². The minimum atomic E-state index is 0. The van der Waals surface area contributed by atoms with E-state index >= 15 is 0 Å². The smallest absolute Gasteiger partial charge is 0.270 e. The van der Waals surface area contributed by atoms with Crippen molar-refractivity contribution in [3.05, 3.63) is 52.1 Å². The Bertz CT molecular complexity index is 427. The molecule has 0 saturated carbocycles. The fraction of sp³-hybridized carbons (Fsp3) is 0.471. The first-order chi connectivity index (χ1) is 8.18. The standard InChI is InChI=1S/C11H15.C6H7.2ClH.Zr/c1-8-7-9(2)11-6-4-3-5-10(8)11;1-6-4-2-3-5-6;;;/h7H,3-6H2,1-2H3;2,4H,3H2,1H3;2*1H;/q2*-1;;;+2. The first-order valence-corrected chi connectivity index (χ1v) is 6.67. The van der Waals surface area contributed by atoms with Gasteiger partial charge in [0.2, 0.25) is 0 Å². The van der Waals surface area contributed by atoms with Crippen LogP contribution in [0.3, 0.4) is 0 Å². The molecule has 2 aliphatic rings. The van der Waals surface area contributed by atoms with Gasteiger partial charge in [0.25, 0.3) is 0 Å². The molecular formula is C17H24Cl2Zr. The molecule has 110 valence electrons. The van der Waals surface area contributed by atoms with Gasteiger partial charge >= 0.3 is 26.2 Å². The molecule has 0 atom stereocenters. The largest absolute Gasteiger partial charge is 2.00 e. The van der Waals surface area contributed by atoms with Gasteiger partial charge in [-0.3, -0.25) is 6.08 Å². The van der Waals surface area contributed by atoms with E-state index in [9.17, 15) is 0 Å². The van der Waals surface area contributed by atoms with Gasteiger partial charge in [-0.25, -0.2) is 11.6 Å². The number of allylic oxidation sites excluding steroid dienone is 4. The number of halogens is 2. The first-order valence-electron chi connectivity index (χ1n) is 6.67. The zero-order valence-electron chi connectivity index (χ0n) is 12.6. The topological polar surface area (TPSA) is 0 Å². The van der Waals surface area contributed by atoms with E-state index in [0.29, 0.717) is 0 Å². The van der Waals surface area contributed by atoms with E-state index in [1.165, 1.54) is 42.4 Å². The predicted molar refractivity (Wildman–Crippen MR) is 88.8 cm³/mol. The molecule has 2 aliphatic carbocycles. The average Bonchev–Trinajstić information content (AvgIpc) is 2.90. The van der Waals surface area contributed by atoms with Gasteiger partial charge in [-0.2, -0.15) is 34.4 Å². The Morgan fingerprint density at radius 3 is 2.20 bits per heavy atom. The van der Waals surface area contributed by atoms with Gasteiger partial charge in [-0.15, -0.1) is 31.2 Å². The van der Waals surface area contributed by atoms with E-state index in [0.717, 1.165) is 6.42 Å². The molecule has 0 fully saturated rings. The summed E-state index contributed by atoms with van der Waals surface area (Å²) in [5.74, 6) is 0. The number of hydrogen-bond acceptors (Lipinski definition) is 0. The summed E-state index contributed by atoms with van der Waals surface area (Å²) in [6.07, 6.45) is 13.8.